The Morgan fingerprint density at radius 2 is 1.58 bits per heavy atom. The number of aryl methyl sites for hydroxylation is 2. The van der Waals surface area contributed by atoms with Gasteiger partial charge in [0.1, 0.15) is 22.8 Å². The maximum Gasteiger partial charge on any atom is 0.272 e. The molecular weight excluding hydrogens is 609 g/mol. The van der Waals surface area contributed by atoms with E-state index in [4.69, 9.17) is 4.74 Å². The van der Waals surface area contributed by atoms with Gasteiger partial charge in [-0.2, -0.15) is 5.10 Å². The molecule has 11 heteroatoms. The number of ether oxygens (including phenoxy) is 1. The van der Waals surface area contributed by atoms with E-state index in [9.17, 15) is 14.0 Å². The molecule has 4 aromatic rings. The fraction of sp³-hybridized carbons (Fsp3) is 0.405. The van der Waals surface area contributed by atoms with E-state index in [0.29, 0.717) is 49.2 Å². The van der Waals surface area contributed by atoms with Crippen LogP contribution < -0.4 is 20.7 Å². The van der Waals surface area contributed by atoms with Crippen LogP contribution in [0, 0.1) is 12.7 Å². The molecule has 2 aromatic heterocycles. The second-order valence-corrected chi connectivity index (χ2v) is 13.3. The number of amides is 2. The molecule has 252 valence electrons. The molecule has 2 fully saturated rings. The van der Waals surface area contributed by atoms with Crippen molar-refractivity contribution < 1.29 is 18.7 Å². The number of hydrogen-bond donors (Lipinski definition) is 3. The van der Waals surface area contributed by atoms with Gasteiger partial charge in [-0.05, 0) is 87.4 Å². The molecule has 0 bridgehead atoms. The first-order chi connectivity index (χ1) is 23.1. The molecule has 2 amide bonds. The van der Waals surface area contributed by atoms with E-state index in [2.05, 4.69) is 69.0 Å². The summed E-state index contributed by atoms with van der Waals surface area (Å²) in [5, 5.41) is 13.9. The Bertz CT molecular complexity index is 1720. The van der Waals surface area contributed by atoms with Crippen molar-refractivity contribution in [3.05, 3.63) is 95.2 Å². The van der Waals surface area contributed by atoms with Crippen molar-refractivity contribution in [2.45, 2.75) is 77.2 Å². The highest BCUT2D eigenvalue weighted by Crippen LogP contribution is 2.29. The molecule has 1 aliphatic heterocycles. The van der Waals surface area contributed by atoms with E-state index in [1.165, 1.54) is 5.56 Å². The number of piperazine rings is 1. The summed E-state index contributed by atoms with van der Waals surface area (Å²) >= 11 is 0. The van der Waals surface area contributed by atoms with Crippen molar-refractivity contribution in [1.82, 2.24) is 35.6 Å². The summed E-state index contributed by atoms with van der Waals surface area (Å²) in [6.07, 6.45) is 3.80. The van der Waals surface area contributed by atoms with Gasteiger partial charge in [0.15, 0.2) is 0 Å². The summed E-state index contributed by atoms with van der Waals surface area (Å²) in [5.41, 5.74) is 4.59. The Morgan fingerprint density at radius 3 is 2.23 bits per heavy atom. The number of nitrogens with one attached hydrogen (secondary N) is 3. The molecule has 1 aliphatic carbocycles. The lowest BCUT2D eigenvalue weighted by Gasteiger charge is -2.36. The molecular formula is C37H44FN7O3. The Kier molecular flexibility index (Phi) is 10.2. The highest BCUT2D eigenvalue weighted by molar-refractivity contribution is 5.96. The molecule has 0 spiro atoms. The first kappa shape index (κ1) is 33.3. The van der Waals surface area contributed by atoms with Crippen LogP contribution >= 0.6 is 0 Å². The van der Waals surface area contributed by atoms with Crippen molar-refractivity contribution in [2.75, 3.05) is 13.1 Å². The number of hydrogen-bond acceptors (Lipinski definition) is 7. The second-order valence-electron chi connectivity index (χ2n) is 13.3. The average molecular weight is 654 g/mol. The topological polar surface area (TPSA) is 113 Å². The number of benzene rings is 2. The molecule has 3 N–H and O–H groups in total. The number of halogens is 1. The molecule has 1 saturated heterocycles. The minimum atomic E-state index is -0.623. The summed E-state index contributed by atoms with van der Waals surface area (Å²) in [4.78, 5) is 32.6. The Hall–Kier alpha value is -4.61. The van der Waals surface area contributed by atoms with E-state index in [1.54, 1.807) is 23.9 Å². The molecule has 2 atom stereocenters. The van der Waals surface area contributed by atoms with E-state index in [1.807, 2.05) is 25.1 Å². The summed E-state index contributed by atoms with van der Waals surface area (Å²) in [7, 11) is 1.80. The molecule has 1 saturated carbocycles. The number of carbonyl (C=O) groups excluding carboxylic acids is 2. The maximum absolute atomic E-state index is 14.3. The van der Waals surface area contributed by atoms with E-state index >= 15 is 0 Å². The predicted molar refractivity (Wildman–Crippen MR) is 182 cm³/mol. The second kappa shape index (κ2) is 14.7. The van der Waals surface area contributed by atoms with Crippen LogP contribution in [0.3, 0.4) is 0 Å². The van der Waals surface area contributed by atoms with Gasteiger partial charge in [-0.15, -0.1) is 0 Å². The van der Waals surface area contributed by atoms with Crippen LogP contribution in [0.1, 0.15) is 71.6 Å². The monoisotopic (exact) mass is 653 g/mol. The molecule has 10 nitrogen and oxygen atoms in total. The van der Waals surface area contributed by atoms with Gasteiger partial charge in [-0.1, -0.05) is 36.4 Å². The molecule has 48 heavy (non-hydrogen) atoms. The first-order valence-corrected chi connectivity index (χ1v) is 16.7. The zero-order valence-electron chi connectivity index (χ0n) is 28.0. The Balaban J connectivity index is 1.06. The summed E-state index contributed by atoms with van der Waals surface area (Å²) in [6.45, 7) is 9.30. The third-order valence-electron chi connectivity index (χ3n) is 9.18. The van der Waals surface area contributed by atoms with Gasteiger partial charge in [0.25, 0.3) is 11.8 Å². The quantitative estimate of drug-likeness (QED) is 0.223. The van der Waals surface area contributed by atoms with Crippen molar-refractivity contribution in [2.24, 2.45) is 7.05 Å². The van der Waals surface area contributed by atoms with Crippen LogP contribution in [0.5, 0.6) is 11.6 Å². The maximum atomic E-state index is 14.3. The lowest BCUT2D eigenvalue weighted by Crippen LogP contribution is -2.53. The van der Waals surface area contributed by atoms with Crippen LogP contribution in [0.15, 0.2) is 66.9 Å². The van der Waals surface area contributed by atoms with Gasteiger partial charge >= 0.3 is 0 Å². The van der Waals surface area contributed by atoms with E-state index in [-0.39, 0.29) is 29.4 Å². The Labute approximate surface area is 281 Å². The molecule has 3 heterocycles. The zero-order valence-corrected chi connectivity index (χ0v) is 28.0. The zero-order chi connectivity index (χ0) is 33.8. The van der Waals surface area contributed by atoms with Crippen LogP contribution in [0.4, 0.5) is 4.39 Å². The van der Waals surface area contributed by atoms with Gasteiger partial charge in [-0.25, -0.2) is 9.37 Å². The van der Waals surface area contributed by atoms with Crippen LogP contribution in [-0.2, 0) is 13.6 Å². The van der Waals surface area contributed by atoms with Gasteiger partial charge < -0.3 is 20.7 Å². The van der Waals surface area contributed by atoms with Crippen molar-refractivity contribution in [3.63, 3.8) is 0 Å². The Morgan fingerprint density at radius 1 is 0.917 bits per heavy atom. The number of aromatic nitrogens is 3. The largest absolute Gasteiger partial charge is 0.438 e. The lowest BCUT2D eigenvalue weighted by molar-refractivity contribution is 0.0887. The predicted octanol–water partition coefficient (Wildman–Crippen LogP) is 5.38. The SMILES string of the molecule is Cc1cc(C(=O)NC2CCC(NC(=O)c3cc(F)cnc3Oc3cccc(-c4ccc(CN5C[C@@H](C)N[C@@H](C)C5)cc4)c3)CC2)nn1C. The van der Waals surface area contributed by atoms with Gasteiger partial charge in [-0.3, -0.25) is 19.2 Å². The average Bonchev–Trinajstić information content (AvgIpc) is 3.40. The van der Waals surface area contributed by atoms with Crippen molar-refractivity contribution >= 4 is 11.8 Å². The van der Waals surface area contributed by atoms with Gasteiger partial charge in [0, 0.05) is 56.5 Å². The third kappa shape index (κ3) is 8.26. The number of rotatable bonds is 9. The third-order valence-corrected chi connectivity index (χ3v) is 9.18. The number of carbonyl (C=O) groups is 2. The van der Waals surface area contributed by atoms with Gasteiger partial charge in [0.2, 0.25) is 5.88 Å². The van der Waals surface area contributed by atoms with Crippen LogP contribution in [0.25, 0.3) is 11.1 Å². The van der Waals surface area contributed by atoms with Gasteiger partial charge in [0.05, 0.1) is 6.20 Å². The fourth-order valence-corrected chi connectivity index (χ4v) is 6.73. The standard InChI is InChI=1S/C37H44FN7O3/c1-23-20-45(21-24(2)40-23)22-26-8-10-27(11-9-26)28-6-5-7-32(17-28)48-37-33(18-29(38)19-39-37)35(46)41-30-12-14-31(15-13-30)42-36(47)34-16-25(3)44(4)43-34/h5-11,16-19,23-24,30-31,40H,12-15,20-22H2,1-4H3,(H,41,46)(H,42,47)/t23-,24+,30?,31?. The summed E-state index contributed by atoms with van der Waals surface area (Å²) < 4.78 is 22.1. The van der Waals surface area contributed by atoms with Crippen molar-refractivity contribution in [1.29, 1.82) is 0 Å². The number of pyridine rings is 1. The molecule has 0 radical (unpaired) electrons. The van der Waals surface area contributed by atoms with Crippen LogP contribution in [-0.4, -0.2) is 68.7 Å². The first-order valence-electron chi connectivity index (χ1n) is 16.7. The normalized spacial score (nSPS) is 21.4. The van der Waals surface area contributed by atoms with E-state index < -0.39 is 11.7 Å². The highest BCUT2D eigenvalue weighted by Gasteiger charge is 2.27. The van der Waals surface area contributed by atoms with Crippen LogP contribution in [0.2, 0.25) is 0 Å². The van der Waals surface area contributed by atoms with E-state index in [0.717, 1.165) is 48.7 Å². The highest BCUT2D eigenvalue weighted by atomic mass is 19.1. The number of nitrogens with zero attached hydrogens (tertiary/aromatic N) is 4. The minimum Gasteiger partial charge on any atom is -0.438 e. The summed E-state index contributed by atoms with van der Waals surface area (Å²) in [6, 6.07) is 19.8. The molecule has 0 unspecified atom stereocenters. The fourth-order valence-electron chi connectivity index (χ4n) is 6.73. The molecule has 6 rings (SSSR count). The molecule has 2 aromatic carbocycles. The summed E-state index contributed by atoms with van der Waals surface area (Å²) in [5.74, 6) is -0.744. The van der Waals surface area contributed by atoms with Crippen molar-refractivity contribution in [3.8, 4) is 22.8 Å². The smallest absolute Gasteiger partial charge is 0.272 e. The lowest BCUT2D eigenvalue weighted by atomic mass is 9.91. The molecule has 2 aliphatic rings. The minimum absolute atomic E-state index is 0.00831.